The zero-order chi connectivity index (χ0) is 20.7. The topological polar surface area (TPSA) is 58.6 Å². The van der Waals surface area contributed by atoms with Crippen LogP contribution in [0.2, 0.25) is 5.02 Å². The van der Waals surface area contributed by atoms with Gasteiger partial charge in [0, 0.05) is 22.6 Å². The van der Waals surface area contributed by atoms with Gasteiger partial charge in [-0.25, -0.2) is 0 Å². The van der Waals surface area contributed by atoms with Gasteiger partial charge in [0.25, 0.3) is 5.91 Å². The Balaban J connectivity index is 2.15. The molecule has 1 atom stereocenters. The number of rotatable bonds is 8. The van der Waals surface area contributed by atoms with Crippen LogP contribution in [-0.2, 0) is 16.1 Å². The fourth-order valence-electron chi connectivity index (χ4n) is 2.51. The Bertz CT molecular complexity index is 831. The zero-order valence-electron chi connectivity index (χ0n) is 15.5. The van der Waals surface area contributed by atoms with E-state index in [-0.39, 0.29) is 18.4 Å². The summed E-state index contributed by atoms with van der Waals surface area (Å²) in [5.41, 5.74) is 0.917. The second-order valence-electron chi connectivity index (χ2n) is 6.08. The van der Waals surface area contributed by atoms with Crippen molar-refractivity contribution in [2.24, 2.45) is 0 Å². The van der Waals surface area contributed by atoms with E-state index < -0.39 is 6.04 Å². The molecule has 28 heavy (non-hydrogen) atoms. The molecule has 0 bridgehead atoms. The van der Waals surface area contributed by atoms with E-state index in [0.717, 1.165) is 10.0 Å². The van der Waals surface area contributed by atoms with Crippen molar-refractivity contribution in [2.75, 3.05) is 13.2 Å². The van der Waals surface area contributed by atoms with E-state index in [0.29, 0.717) is 28.3 Å². The quantitative estimate of drug-likeness (QED) is 0.532. The van der Waals surface area contributed by atoms with Crippen molar-refractivity contribution in [1.82, 2.24) is 10.2 Å². The molecule has 0 spiro atoms. The van der Waals surface area contributed by atoms with Crippen LogP contribution >= 0.6 is 43.5 Å². The largest absolute Gasteiger partial charge is 0.483 e. The molecule has 0 fully saturated rings. The third-order valence-electron chi connectivity index (χ3n) is 4.03. The molecule has 150 valence electrons. The summed E-state index contributed by atoms with van der Waals surface area (Å²) in [5.74, 6) is 0.0103. The average molecular weight is 533 g/mol. The van der Waals surface area contributed by atoms with Crippen LogP contribution in [0.4, 0.5) is 0 Å². The molecule has 2 aromatic carbocycles. The Kier molecular flexibility index (Phi) is 8.79. The Morgan fingerprint density at radius 1 is 1.18 bits per heavy atom. The van der Waals surface area contributed by atoms with E-state index in [2.05, 4.69) is 37.2 Å². The lowest BCUT2D eigenvalue weighted by molar-refractivity contribution is -0.142. The first-order chi connectivity index (χ1) is 13.3. The fourth-order valence-corrected chi connectivity index (χ4v) is 3.57. The van der Waals surface area contributed by atoms with Gasteiger partial charge in [-0.3, -0.25) is 9.59 Å². The number of carbonyl (C=O) groups is 2. The van der Waals surface area contributed by atoms with Gasteiger partial charge >= 0.3 is 0 Å². The van der Waals surface area contributed by atoms with Crippen LogP contribution < -0.4 is 10.1 Å². The molecule has 1 unspecified atom stereocenters. The predicted molar refractivity (Wildman–Crippen MR) is 117 cm³/mol. The van der Waals surface area contributed by atoms with Crippen molar-refractivity contribution >= 4 is 55.3 Å². The van der Waals surface area contributed by atoms with Gasteiger partial charge in [0.15, 0.2) is 6.61 Å². The highest BCUT2D eigenvalue weighted by molar-refractivity contribution is 9.10. The lowest BCUT2D eigenvalue weighted by Gasteiger charge is -2.28. The Morgan fingerprint density at radius 3 is 2.46 bits per heavy atom. The molecule has 0 aliphatic rings. The number of nitrogens with zero attached hydrogens (tertiary/aromatic N) is 1. The van der Waals surface area contributed by atoms with E-state index >= 15 is 0 Å². The smallest absolute Gasteiger partial charge is 0.261 e. The SMILES string of the molecule is CCNC(=O)C(C)N(Cc1ccc(Br)cc1)C(=O)COc1ccc(Cl)cc1Br. The first-order valence-electron chi connectivity index (χ1n) is 8.71. The highest BCUT2D eigenvalue weighted by Gasteiger charge is 2.26. The molecule has 0 aromatic heterocycles. The Hall–Kier alpha value is -1.57. The highest BCUT2D eigenvalue weighted by Crippen LogP contribution is 2.28. The molecular weight excluding hydrogens is 511 g/mol. The Labute approximate surface area is 186 Å². The van der Waals surface area contributed by atoms with E-state index in [1.165, 1.54) is 4.90 Å². The van der Waals surface area contributed by atoms with Gasteiger partial charge in [-0.1, -0.05) is 39.7 Å². The summed E-state index contributed by atoms with van der Waals surface area (Å²) in [5, 5.41) is 3.32. The number of likely N-dealkylation sites (N-methyl/N-ethyl adjacent to an activating group) is 1. The van der Waals surface area contributed by atoms with Gasteiger partial charge in [0.1, 0.15) is 11.8 Å². The maximum Gasteiger partial charge on any atom is 0.261 e. The molecule has 2 amide bonds. The molecule has 2 aromatic rings. The standard InChI is InChI=1S/C20H21Br2ClN2O3/c1-3-24-20(27)13(2)25(11-14-4-6-15(21)7-5-14)19(26)12-28-18-9-8-16(23)10-17(18)22/h4-10,13H,3,11-12H2,1-2H3,(H,24,27). The molecule has 0 saturated heterocycles. The number of benzene rings is 2. The minimum Gasteiger partial charge on any atom is -0.483 e. The third-order valence-corrected chi connectivity index (χ3v) is 5.41. The lowest BCUT2D eigenvalue weighted by Crippen LogP contribution is -2.49. The van der Waals surface area contributed by atoms with Crippen molar-refractivity contribution in [3.05, 3.63) is 62.0 Å². The number of ether oxygens (including phenoxy) is 1. The molecule has 8 heteroatoms. The summed E-state index contributed by atoms with van der Waals surface area (Å²) in [6.07, 6.45) is 0. The van der Waals surface area contributed by atoms with Gasteiger partial charge in [0.05, 0.1) is 4.47 Å². The molecule has 0 aliphatic heterocycles. The zero-order valence-corrected chi connectivity index (χ0v) is 19.5. The summed E-state index contributed by atoms with van der Waals surface area (Å²) in [7, 11) is 0. The number of amides is 2. The van der Waals surface area contributed by atoms with Gasteiger partial charge in [0.2, 0.25) is 5.91 Å². The summed E-state index contributed by atoms with van der Waals surface area (Å²) in [6, 6.07) is 12.0. The van der Waals surface area contributed by atoms with Crippen LogP contribution in [0, 0.1) is 0 Å². The van der Waals surface area contributed by atoms with E-state index in [4.69, 9.17) is 16.3 Å². The van der Waals surface area contributed by atoms with Crippen molar-refractivity contribution in [1.29, 1.82) is 0 Å². The summed E-state index contributed by atoms with van der Waals surface area (Å²) in [4.78, 5) is 26.7. The van der Waals surface area contributed by atoms with E-state index in [9.17, 15) is 9.59 Å². The highest BCUT2D eigenvalue weighted by atomic mass is 79.9. The van der Waals surface area contributed by atoms with Gasteiger partial charge in [-0.2, -0.15) is 0 Å². The molecule has 0 radical (unpaired) electrons. The van der Waals surface area contributed by atoms with E-state index in [1.54, 1.807) is 25.1 Å². The molecular formula is C20H21Br2ClN2O3. The van der Waals surface area contributed by atoms with Crippen LogP contribution in [0.25, 0.3) is 0 Å². The average Bonchev–Trinajstić information content (AvgIpc) is 2.66. The number of hydrogen-bond donors (Lipinski definition) is 1. The maximum absolute atomic E-state index is 12.9. The molecule has 0 aliphatic carbocycles. The molecule has 0 saturated carbocycles. The second-order valence-corrected chi connectivity index (χ2v) is 8.29. The number of carbonyl (C=O) groups excluding carboxylic acids is 2. The second kappa shape index (κ2) is 10.8. The summed E-state index contributed by atoms with van der Waals surface area (Å²) >= 11 is 12.7. The van der Waals surface area contributed by atoms with Crippen LogP contribution in [0.3, 0.4) is 0 Å². The fraction of sp³-hybridized carbons (Fsp3) is 0.300. The van der Waals surface area contributed by atoms with Crippen molar-refractivity contribution in [2.45, 2.75) is 26.4 Å². The first-order valence-corrected chi connectivity index (χ1v) is 10.7. The summed E-state index contributed by atoms with van der Waals surface area (Å²) < 4.78 is 7.25. The number of hydrogen-bond acceptors (Lipinski definition) is 3. The van der Waals surface area contributed by atoms with Gasteiger partial charge < -0.3 is 15.0 Å². The number of halogens is 3. The molecule has 2 rings (SSSR count). The van der Waals surface area contributed by atoms with Crippen molar-refractivity contribution < 1.29 is 14.3 Å². The molecule has 1 N–H and O–H groups in total. The van der Waals surface area contributed by atoms with E-state index in [1.807, 2.05) is 31.2 Å². The molecule has 5 nitrogen and oxygen atoms in total. The minimum absolute atomic E-state index is 0.194. The summed E-state index contributed by atoms with van der Waals surface area (Å²) in [6.45, 7) is 4.15. The maximum atomic E-state index is 12.9. The van der Waals surface area contributed by atoms with Crippen LogP contribution in [0.1, 0.15) is 19.4 Å². The lowest BCUT2D eigenvalue weighted by atomic mass is 10.1. The van der Waals surface area contributed by atoms with Crippen molar-refractivity contribution in [3.63, 3.8) is 0 Å². The number of nitrogens with one attached hydrogen (secondary N) is 1. The van der Waals surface area contributed by atoms with Crippen molar-refractivity contribution in [3.8, 4) is 5.75 Å². The predicted octanol–water partition coefficient (Wildman–Crippen LogP) is 4.80. The Morgan fingerprint density at radius 2 is 1.86 bits per heavy atom. The van der Waals surface area contributed by atoms with Crippen LogP contribution in [0.15, 0.2) is 51.4 Å². The third kappa shape index (κ3) is 6.50. The van der Waals surface area contributed by atoms with Gasteiger partial charge in [-0.05, 0) is 65.7 Å². The van der Waals surface area contributed by atoms with Crippen LogP contribution in [-0.4, -0.2) is 35.9 Å². The molecule has 0 heterocycles. The van der Waals surface area contributed by atoms with Gasteiger partial charge in [-0.15, -0.1) is 0 Å². The normalized spacial score (nSPS) is 11.6. The minimum atomic E-state index is -0.631. The van der Waals surface area contributed by atoms with Crippen LogP contribution in [0.5, 0.6) is 5.75 Å². The first kappa shape index (κ1) is 22.7. The monoisotopic (exact) mass is 530 g/mol.